The van der Waals surface area contributed by atoms with Crippen molar-refractivity contribution in [1.29, 1.82) is 0 Å². The Hall–Kier alpha value is -4.57. The molecule has 0 atom stereocenters. The molecule has 0 saturated heterocycles. The standard InChI is InChI=1S/C33H42N4O6/c34-19-10-21-36(32(39)42-26-29-15-6-2-7-16-29)23-12-24-37(33(40)43-27-30-17-8-3-9-18-30)22-11-20-35-31(38)41-25-28-13-4-1-5-14-28/h1-9,13-18H,10-12,19-27,34H2,(H,35,38). The normalized spacial score (nSPS) is 10.4. The van der Waals surface area contributed by atoms with Crippen LogP contribution in [0.5, 0.6) is 0 Å². The van der Waals surface area contributed by atoms with Gasteiger partial charge in [0.1, 0.15) is 19.8 Å². The van der Waals surface area contributed by atoms with Crippen LogP contribution in [0.2, 0.25) is 0 Å². The van der Waals surface area contributed by atoms with Gasteiger partial charge in [0, 0.05) is 32.7 Å². The largest absolute Gasteiger partial charge is 0.445 e. The van der Waals surface area contributed by atoms with E-state index in [2.05, 4.69) is 5.32 Å². The fourth-order valence-electron chi connectivity index (χ4n) is 4.18. The molecule has 3 aromatic carbocycles. The molecule has 10 heteroatoms. The Balaban J connectivity index is 1.49. The zero-order valence-electron chi connectivity index (χ0n) is 24.6. The van der Waals surface area contributed by atoms with E-state index in [1.165, 1.54) is 0 Å². The van der Waals surface area contributed by atoms with Crippen molar-refractivity contribution in [3.05, 3.63) is 108 Å². The second kappa shape index (κ2) is 19.5. The number of nitrogens with one attached hydrogen (secondary N) is 1. The van der Waals surface area contributed by atoms with Crippen molar-refractivity contribution in [3.8, 4) is 0 Å². The number of rotatable bonds is 17. The molecule has 0 aromatic heterocycles. The minimum absolute atomic E-state index is 0.147. The van der Waals surface area contributed by atoms with Crippen molar-refractivity contribution < 1.29 is 28.6 Å². The van der Waals surface area contributed by atoms with E-state index in [9.17, 15) is 14.4 Å². The van der Waals surface area contributed by atoms with Crippen molar-refractivity contribution in [3.63, 3.8) is 0 Å². The Morgan fingerprint density at radius 3 is 1.40 bits per heavy atom. The predicted octanol–water partition coefficient (Wildman–Crippen LogP) is 5.32. The Kier molecular flexibility index (Phi) is 15.0. The zero-order valence-corrected chi connectivity index (χ0v) is 24.6. The summed E-state index contributed by atoms with van der Waals surface area (Å²) in [6.45, 7) is 2.83. The lowest BCUT2D eigenvalue weighted by Crippen LogP contribution is -2.39. The van der Waals surface area contributed by atoms with Gasteiger partial charge in [0.05, 0.1) is 0 Å². The van der Waals surface area contributed by atoms with E-state index in [0.29, 0.717) is 58.5 Å². The summed E-state index contributed by atoms with van der Waals surface area (Å²) < 4.78 is 16.3. The van der Waals surface area contributed by atoms with E-state index >= 15 is 0 Å². The molecule has 0 heterocycles. The topological polar surface area (TPSA) is 123 Å². The minimum atomic E-state index is -0.522. The van der Waals surface area contributed by atoms with Crippen LogP contribution in [-0.2, 0) is 34.0 Å². The van der Waals surface area contributed by atoms with Gasteiger partial charge in [-0.1, -0.05) is 91.0 Å². The molecule has 10 nitrogen and oxygen atoms in total. The second-order valence-corrected chi connectivity index (χ2v) is 9.89. The number of amides is 3. The molecule has 0 unspecified atom stereocenters. The molecule has 0 aliphatic rings. The molecule has 0 aliphatic heterocycles. The number of nitrogens with two attached hydrogens (primary N) is 1. The quantitative estimate of drug-likeness (QED) is 0.161. The summed E-state index contributed by atoms with van der Waals surface area (Å²) in [5.74, 6) is 0. The monoisotopic (exact) mass is 590 g/mol. The minimum Gasteiger partial charge on any atom is -0.445 e. The van der Waals surface area contributed by atoms with Gasteiger partial charge in [0.15, 0.2) is 0 Å². The summed E-state index contributed by atoms with van der Waals surface area (Å²) in [6.07, 6.45) is 0.237. The molecule has 0 fully saturated rings. The van der Waals surface area contributed by atoms with E-state index in [1.54, 1.807) is 9.80 Å². The van der Waals surface area contributed by atoms with Gasteiger partial charge >= 0.3 is 18.3 Å². The van der Waals surface area contributed by atoms with Crippen LogP contribution < -0.4 is 11.1 Å². The number of benzene rings is 3. The summed E-state index contributed by atoms with van der Waals surface area (Å²) in [5.41, 5.74) is 8.37. The number of carbonyl (C=O) groups is 3. The highest BCUT2D eigenvalue weighted by atomic mass is 16.6. The smallest absolute Gasteiger partial charge is 0.410 e. The fraction of sp³-hybridized carbons (Fsp3) is 0.364. The van der Waals surface area contributed by atoms with Crippen LogP contribution in [0.15, 0.2) is 91.0 Å². The summed E-state index contributed by atoms with van der Waals surface area (Å²) >= 11 is 0. The van der Waals surface area contributed by atoms with Crippen molar-refractivity contribution >= 4 is 18.3 Å². The number of hydrogen-bond donors (Lipinski definition) is 2. The Morgan fingerprint density at radius 1 is 0.558 bits per heavy atom. The van der Waals surface area contributed by atoms with Crippen LogP contribution in [0.25, 0.3) is 0 Å². The first-order valence-corrected chi connectivity index (χ1v) is 14.6. The molecule has 3 aromatic rings. The van der Waals surface area contributed by atoms with Crippen molar-refractivity contribution in [2.24, 2.45) is 5.73 Å². The SMILES string of the molecule is NCCCN(CCCN(CCCNC(=O)OCc1ccccc1)C(=O)OCc1ccccc1)C(=O)OCc1ccccc1. The van der Waals surface area contributed by atoms with Gasteiger partial charge < -0.3 is 35.1 Å². The molecule has 0 bridgehead atoms. The van der Waals surface area contributed by atoms with E-state index in [1.807, 2.05) is 91.0 Å². The van der Waals surface area contributed by atoms with Crippen molar-refractivity contribution in [2.75, 3.05) is 39.3 Å². The first kappa shape index (κ1) is 32.9. The van der Waals surface area contributed by atoms with Crippen LogP contribution in [0.3, 0.4) is 0 Å². The number of carbonyl (C=O) groups excluding carboxylic acids is 3. The van der Waals surface area contributed by atoms with Crippen LogP contribution in [0, 0.1) is 0 Å². The molecule has 3 N–H and O–H groups in total. The third kappa shape index (κ3) is 13.3. The average molecular weight is 591 g/mol. The molecule has 0 radical (unpaired) electrons. The first-order chi connectivity index (χ1) is 21.0. The Morgan fingerprint density at radius 2 is 0.953 bits per heavy atom. The summed E-state index contributed by atoms with van der Waals surface area (Å²) in [7, 11) is 0. The van der Waals surface area contributed by atoms with Crippen LogP contribution in [0.1, 0.15) is 36.0 Å². The van der Waals surface area contributed by atoms with E-state index in [-0.39, 0.29) is 19.8 Å². The lowest BCUT2D eigenvalue weighted by molar-refractivity contribution is 0.0868. The van der Waals surface area contributed by atoms with Gasteiger partial charge in [-0.15, -0.1) is 0 Å². The number of alkyl carbamates (subject to hydrolysis) is 1. The average Bonchev–Trinajstić information content (AvgIpc) is 3.05. The summed E-state index contributed by atoms with van der Waals surface area (Å²) in [6, 6.07) is 28.4. The van der Waals surface area contributed by atoms with E-state index in [4.69, 9.17) is 19.9 Å². The highest BCUT2D eigenvalue weighted by Gasteiger charge is 2.19. The molecule has 43 heavy (non-hydrogen) atoms. The second-order valence-electron chi connectivity index (χ2n) is 9.89. The van der Waals surface area contributed by atoms with Crippen LogP contribution in [0.4, 0.5) is 14.4 Å². The molecule has 0 aliphatic carbocycles. The fourth-order valence-corrected chi connectivity index (χ4v) is 4.18. The molecular weight excluding hydrogens is 548 g/mol. The lowest BCUT2D eigenvalue weighted by atomic mass is 10.2. The van der Waals surface area contributed by atoms with Crippen LogP contribution in [-0.4, -0.2) is 67.3 Å². The summed E-state index contributed by atoms with van der Waals surface area (Å²) in [4.78, 5) is 41.1. The van der Waals surface area contributed by atoms with Gasteiger partial charge in [-0.2, -0.15) is 0 Å². The molecule has 0 spiro atoms. The zero-order chi connectivity index (χ0) is 30.5. The van der Waals surface area contributed by atoms with Gasteiger partial charge in [-0.05, 0) is 42.5 Å². The lowest BCUT2D eigenvalue weighted by Gasteiger charge is -2.25. The van der Waals surface area contributed by atoms with E-state index in [0.717, 1.165) is 16.7 Å². The van der Waals surface area contributed by atoms with Crippen molar-refractivity contribution in [2.45, 2.75) is 39.1 Å². The molecule has 3 amide bonds. The van der Waals surface area contributed by atoms with Crippen LogP contribution >= 0.6 is 0 Å². The molecule has 230 valence electrons. The predicted molar refractivity (Wildman–Crippen MR) is 164 cm³/mol. The highest BCUT2D eigenvalue weighted by molar-refractivity contribution is 5.68. The van der Waals surface area contributed by atoms with E-state index < -0.39 is 18.3 Å². The van der Waals surface area contributed by atoms with Gasteiger partial charge in [0.2, 0.25) is 0 Å². The maximum Gasteiger partial charge on any atom is 0.410 e. The third-order valence-corrected chi connectivity index (χ3v) is 6.50. The molecular formula is C33H42N4O6. The maximum atomic E-state index is 13.0. The van der Waals surface area contributed by atoms with Gasteiger partial charge in [-0.3, -0.25) is 0 Å². The maximum absolute atomic E-state index is 13.0. The third-order valence-electron chi connectivity index (χ3n) is 6.50. The number of hydrogen-bond acceptors (Lipinski definition) is 7. The molecule has 0 saturated carbocycles. The number of nitrogens with zero attached hydrogens (tertiary/aromatic N) is 2. The molecule has 3 rings (SSSR count). The van der Waals surface area contributed by atoms with Crippen molar-refractivity contribution in [1.82, 2.24) is 15.1 Å². The Bertz CT molecular complexity index is 1210. The number of ether oxygens (including phenoxy) is 3. The summed E-state index contributed by atoms with van der Waals surface area (Å²) in [5, 5.41) is 2.72. The Labute approximate surface area is 253 Å². The highest BCUT2D eigenvalue weighted by Crippen LogP contribution is 2.08. The first-order valence-electron chi connectivity index (χ1n) is 14.6. The van der Waals surface area contributed by atoms with Gasteiger partial charge in [0.25, 0.3) is 0 Å². The van der Waals surface area contributed by atoms with Gasteiger partial charge in [-0.25, -0.2) is 14.4 Å².